The Balaban J connectivity index is 1.65. The van der Waals surface area contributed by atoms with E-state index in [0.717, 1.165) is 11.0 Å². The number of hydrogen-bond donors (Lipinski definition) is 1. The fraction of sp³-hybridized carbons (Fsp3) is 0.409. The number of imidazole rings is 1. The zero-order chi connectivity index (χ0) is 22.7. The van der Waals surface area contributed by atoms with E-state index in [0.29, 0.717) is 61.3 Å². The van der Waals surface area contributed by atoms with E-state index in [9.17, 15) is 8.42 Å². The fourth-order valence-corrected chi connectivity index (χ4v) is 6.12. The maximum Gasteiger partial charge on any atom is 0.243 e. The second kappa shape index (κ2) is 7.42. The van der Waals surface area contributed by atoms with Crippen molar-refractivity contribution in [2.45, 2.75) is 31.1 Å². The number of nitrogens with one attached hydrogen (secondary N) is 1. The van der Waals surface area contributed by atoms with E-state index in [4.69, 9.17) is 14.7 Å². The molecule has 2 fully saturated rings. The molecular weight excluding hydrogens is 442 g/mol. The second-order valence-corrected chi connectivity index (χ2v) is 10.7. The molecule has 10 nitrogen and oxygen atoms in total. The number of nitrogens with zero attached hydrogens (tertiary/aromatic N) is 6. The molecule has 0 bridgehead atoms. The number of rotatable bonds is 5. The molecule has 0 amide bonds. The summed E-state index contributed by atoms with van der Waals surface area (Å²) in [6, 6.07) is 9.64. The number of para-hydroxylation sites is 2. The third-order valence-corrected chi connectivity index (χ3v) is 8.48. The van der Waals surface area contributed by atoms with Crippen LogP contribution in [-0.2, 0) is 14.8 Å². The molecule has 1 atom stereocenters. The van der Waals surface area contributed by atoms with Gasteiger partial charge in [0.25, 0.3) is 0 Å². The zero-order valence-corrected chi connectivity index (χ0v) is 19.3. The Kier molecular flexibility index (Phi) is 4.59. The minimum atomic E-state index is -3.51. The van der Waals surface area contributed by atoms with Gasteiger partial charge in [0.2, 0.25) is 21.9 Å². The molecule has 11 heteroatoms. The summed E-state index contributed by atoms with van der Waals surface area (Å²) in [5.74, 6) is 1.66. The van der Waals surface area contributed by atoms with Crippen molar-refractivity contribution in [3.63, 3.8) is 0 Å². The Morgan fingerprint density at radius 1 is 1.12 bits per heavy atom. The van der Waals surface area contributed by atoms with Gasteiger partial charge in [-0.2, -0.15) is 9.97 Å². The highest BCUT2D eigenvalue weighted by Crippen LogP contribution is 2.35. The molecule has 4 aromatic rings. The fourth-order valence-electron chi connectivity index (χ4n) is 4.45. The van der Waals surface area contributed by atoms with Crippen LogP contribution in [0, 0.1) is 0 Å². The van der Waals surface area contributed by atoms with Gasteiger partial charge in [0.05, 0.1) is 40.9 Å². The highest BCUT2D eigenvalue weighted by Gasteiger charge is 2.38. The zero-order valence-electron chi connectivity index (χ0n) is 18.5. The number of aromatic nitrogens is 5. The van der Waals surface area contributed by atoms with E-state index in [1.165, 1.54) is 3.97 Å². The van der Waals surface area contributed by atoms with Crippen LogP contribution in [0.15, 0.2) is 36.5 Å². The molecule has 1 aliphatic heterocycles. The standard InChI is InChI=1S/C22H25N7O3S/c1-14-13-32-12-11-27(14)19-16-9-10-28(33(30,31)15-7-8-15)20(16)26-22(25-19)29-18-6-4-3-5-17(18)24-21(29)23-2/h3-6,9-10,14-15H,7-8,11-13H2,1-2H3,(H,23,24)/t14-/m1/s1. The first kappa shape index (κ1) is 20.4. The molecule has 4 heterocycles. The molecule has 1 saturated carbocycles. The van der Waals surface area contributed by atoms with Crippen molar-refractivity contribution in [2.75, 3.05) is 37.0 Å². The average Bonchev–Trinajstić information content (AvgIpc) is 3.49. The summed E-state index contributed by atoms with van der Waals surface area (Å²) in [4.78, 5) is 16.6. The third-order valence-electron chi connectivity index (χ3n) is 6.32. The maximum absolute atomic E-state index is 13.2. The topological polar surface area (TPSA) is 107 Å². The second-order valence-electron chi connectivity index (χ2n) is 8.57. The van der Waals surface area contributed by atoms with Crippen molar-refractivity contribution >= 4 is 43.9 Å². The lowest BCUT2D eigenvalue weighted by molar-refractivity contribution is 0.0987. The lowest BCUT2D eigenvalue weighted by Gasteiger charge is -2.34. The molecule has 1 aromatic carbocycles. The molecule has 172 valence electrons. The average molecular weight is 468 g/mol. The summed E-state index contributed by atoms with van der Waals surface area (Å²) in [7, 11) is -1.72. The van der Waals surface area contributed by atoms with Crippen LogP contribution in [0.25, 0.3) is 28.0 Å². The van der Waals surface area contributed by atoms with E-state index in [-0.39, 0.29) is 11.3 Å². The van der Waals surface area contributed by atoms with Crippen LogP contribution in [-0.4, -0.2) is 70.0 Å². The first-order chi connectivity index (χ1) is 16.0. The number of anilines is 2. The predicted octanol–water partition coefficient (Wildman–Crippen LogP) is 2.38. The summed E-state index contributed by atoms with van der Waals surface area (Å²) in [5, 5.41) is 3.49. The Morgan fingerprint density at radius 2 is 1.94 bits per heavy atom. The van der Waals surface area contributed by atoms with Crippen LogP contribution in [0.4, 0.5) is 11.8 Å². The van der Waals surface area contributed by atoms with Gasteiger partial charge >= 0.3 is 0 Å². The largest absolute Gasteiger partial charge is 0.377 e. The molecule has 0 spiro atoms. The van der Waals surface area contributed by atoms with Crippen molar-refractivity contribution in [3.05, 3.63) is 36.5 Å². The Morgan fingerprint density at radius 3 is 2.70 bits per heavy atom. The van der Waals surface area contributed by atoms with Crippen molar-refractivity contribution in [1.82, 2.24) is 23.5 Å². The highest BCUT2D eigenvalue weighted by atomic mass is 32.2. The van der Waals surface area contributed by atoms with E-state index in [1.807, 2.05) is 34.9 Å². The summed E-state index contributed by atoms with van der Waals surface area (Å²) < 4.78 is 35.2. The van der Waals surface area contributed by atoms with Gasteiger partial charge in [-0.1, -0.05) is 12.1 Å². The van der Waals surface area contributed by atoms with E-state index >= 15 is 0 Å². The molecule has 1 aliphatic carbocycles. The summed E-state index contributed by atoms with van der Waals surface area (Å²) >= 11 is 0. The molecule has 6 rings (SSSR count). The van der Waals surface area contributed by atoms with Gasteiger partial charge < -0.3 is 15.0 Å². The van der Waals surface area contributed by atoms with Crippen molar-refractivity contribution < 1.29 is 13.2 Å². The molecule has 2 aliphatic rings. The van der Waals surface area contributed by atoms with Crippen LogP contribution >= 0.6 is 0 Å². The van der Waals surface area contributed by atoms with Crippen molar-refractivity contribution in [3.8, 4) is 5.95 Å². The monoisotopic (exact) mass is 467 g/mol. The first-order valence-corrected chi connectivity index (χ1v) is 12.6. The normalized spacial score (nSPS) is 19.5. The highest BCUT2D eigenvalue weighted by molar-refractivity contribution is 7.91. The Bertz CT molecular complexity index is 1470. The van der Waals surface area contributed by atoms with Gasteiger partial charge in [0.15, 0.2) is 5.65 Å². The molecular formula is C22H25N7O3S. The SMILES string of the molecule is CNc1nc2ccccc2n1-c1nc(N2CCOC[C@H]2C)c2ccn(S(=O)(=O)C3CC3)c2n1. The number of morpholine rings is 1. The van der Waals surface area contributed by atoms with Crippen molar-refractivity contribution in [2.24, 2.45) is 0 Å². The summed E-state index contributed by atoms with van der Waals surface area (Å²) in [5.41, 5.74) is 2.03. The van der Waals surface area contributed by atoms with Crippen LogP contribution in [0.1, 0.15) is 19.8 Å². The minimum absolute atomic E-state index is 0.0939. The van der Waals surface area contributed by atoms with Crippen molar-refractivity contribution in [1.29, 1.82) is 0 Å². The van der Waals surface area contributed by atoms with E-state index < -0.39 is 10.0 Å². The van der Waals surface area contributed by atoms with Gasteiger partial charge in [-0.3, -0.25) is 0 Å². The van der Waals surface area contributed by atoms with E-state index in [2.05, 4.69) is 22.1 Å². The number of fused-ring (bicyclic) bond motifs is 2. The molecule has 33 heavy (non-hydrogen) atoms. The van der Waals surface area contributed by atoms with Gasteiger partial charge in [-0.25, -0.2) is 21.9 Å². The summed E-state index contributed by atoms with van der Waals surface area (Å²) in [6.45, 7) is 3.91. The van der Waals surface area contributed by atoms with Crippen LogP contribution in [0.2, 0.25) is 0 Å². The van der Waals surface area contributed by atoms with Crippen LogP contribution in [0.5, 0.6) is 0 Å². The first-order valence-electron chi connectivity index (χ1n) is 11.1. The minimum Gasteiger partial charge on any atom is -0.377 e. The Hall–Kier alpha value is -3.18. The van der Waals surface area contributed by atoms with Gasteiger partial charge in [0.1, 0.15) is 5.82 Å². The number of ether oxygens (including phenoxy) is 1. The van der Waals surface area contributed by atoms with Gasteiger partial charge in [-0.15, -0.1) is 0 Å². The lowest BCUT2D eigenvalue weighted by atomic mass is 10.2. The quantitative estimate of drug-likeness (QED) is 0.477. The van der Waals surface area contributed by atoms with E-state index in [1.54, 1.807) is 13.2 Å². The molecule has 0 radical (unpaired) electrons. The third kappa shape index (κ3) is 3.17. The number of hydrogen-bond acceptors (Lipinski definition) is 8. The van der Waals surface area contributed by atoms with Gasteiger partial charge in [0, 0.05) is 19.8 Å². The summed E-state index contributed by atoms with van der Waals surface area (Å²) in [6.07, 6.45) is 2.98. The molecule has 3 aromatic heterocycles. The Labute approximate surface area is 191 Å². The number of benzene rings is 1. The van der Waals surface area contributed by atoms with Crippen LogP contribution in [0.3, 0.4) is 0 Å². The van der Waals surface area contributed by atoms with Crippen LogP contribution < -0.4 is 10.2 Å². The predicted molar refractivity (Wildman–Crippen MR) is 127 cm³/mol. The molecule has 0 unspecified atom stereocenters. The smallest absolute Gasteiger partial charge is 0.243 e. The lowest BCUT2D eigenvalue weighted by Crippen LogP contribution is -2.44. The maximum atomic E-state index is 13.2. The van der Waals surface area contributed by atoms with Gasteiger partial charge in [-0.05, 0) is 38.0 Å². The molecule has 1 N–H and O–H groups in total. The molecule has 1 saturated heterocycles.